The Kier molecular flexibility index (Phi) is 4.13. The van der Waals surface area contributed by atoms with Gasteiger partial charge in [-0.05, 0) is 30.3 Å². The van der Waals surface area contributed by atoms with Gasteiger partial charge in [0, 0.05) is 35.8 Å². The first-order valence-electron chi connectivity index (χ1n) is 9.66. The van der Waals surface area contributed by atoms with Crippen molar-refractivity contribution in [1.29, 1.82) is 0 Å². The Bertz CT molecular complexity index is 1250. The van der Waals surface area contributed by atoms with Gasteiger partial charge in [0.2, 0.25) is 0 Å². The number of phenols is 2. The van der Waals surface area contributed by atoms with Crippen molar-refractivity contribution in [3.05, 3.63) is 82.4 Å². The van der Waals surface area contributed by atoms with Gasteiger partial charge >= 0.3 is 5.97 Å². The predicted octanol–water partition coefficient (Wildman–Crippen LogP) is 2.35. The lowest BCUT2D eigenvalue weighted by atomic mass is 9.77. The van der Waals surface area contributed by atoms with E-state index in [-0.39, 0.29) is 41.7 Å². The number of amides is 1. The summed E-state index contributed by atoms with van der Waals surface area (Å²) in [6.07, 6.45) is 0. The van der Waals surface area contributed by atoms with Crippen LogP contribution in [0.4, 0.5) is 0 Å². The number of benzene rings is 3. The van der Waals surface area contributed by atoms with Gasteiger partial charge in [-0.25, -0.2) is 4.79 Å². The number of carbonyl (C=O) groups is 2. The zero-order chi connectivity index (χ0) is 21.8. The molecule has 1 amide bonds. The number of esters is 1. The minimum Gasteiger partial charge on any atom is -0.508 e. The molecular weight excluding hydrogens is 400 g/mol. The molecule has 0 radical (unpaired) electrons. The molecule has 2 aliphatic heterocycles. The van der Waals surface area contributed by atoms with Crippen LogP contribution in [0.2, 0.25) is 0 Å². The van der Waals surface area contributed by atoms with Gasteiger partial charge in [0.25, 0.3) is 5.91 Å². The average Bonchev–Trinajstić information content (AvgIpc) is 3.05. The Labute approximate surface area is 176 Å². The molecule has 5 N–H and O–H groups in total. The topological polar surface area (TPSA) is 131 Å². The molecule has 31 heavy (non-hydrogen) atoms. The SMILES string of the molecule is NCCNC(=O)c1c(O)ccc2c1Oc1cc(O)ccc1C21OC(=O)c2ccccc21. The van der Waals surface area contributed by atoms with Crippen molar-refractivity contribution in [3.8, 4) is 23.0 Å². The largest absolute Gasteiger partial charge is 0.508 e. The molecule has 2 heterocycles. The summed E-state index contributed by atoms with van der Waals surface area (Å²) in [6, 6.07) is 14.3. The first kappa shape index (κ1) is 19.0. The molecule has 0 aliphatic carbocycles. The normalized spacial score (nSPS) is 17.9. The molecule has 1 spiro atoms. The number of rotatable bonds is 3. The van der Waals surface area contributed by atoms with E-state index in [1.54, 1.807) is 36.4 Å². The van der Waals surface area contributed by atoms with Crippen molar-refractivity contribution in [2.45, 2.75) is 5.60 Å². The van der Waals surface area contributed by atoms with E-state index in [9.17, 15) is 19.8 Å². The van der Waals surface area contributed by atoms with Crippen molar-refractivity contribution in [3.63, 3.8) is 0 Å². The van der Waals surface area contributed by atoms with Gasteiger partial charge < -0.3 is 30.7 Å². The molecule has 0 fully saturated rings. The van der Waals surface area contributed by atoms with E-state index >= 15 is 0 Å². The van der Waals surface area contributed by atoms with Gasteiger partial charge in [-0.3, -0.25) is 4.79 Å². The molecule has 0 saturated heterocycles. The van der Waals surface area contributed by atoms with Crippen LogP contribution < -0.4 is 15.8 Å². The maximum absolute atomic E-state index is 12.8. The highest BCUT2D eigenvalue weighted by Gasteiger charge is 2.54. The van der Waals surface area contributed by atoms with Crippen LogP contribution in [-0.2, 0) is 10.3 Å². The number of hydrogen-bond acceptors (Lipinski definition) is 7. The van der Waals surface area contributed by atoms with E-state index in [2.05, 4.69) is 5.32 Å². The summed E-state index contributed by atoms with van der Waals surface area (Å²) in [4.78, 5) is 25.6. The molecule has 1 atom stereocenters. The number of nitrogens with two attached hydrogens (primary N) is 1. The monoisotopic (exact) mass is 418 g/mol. The Morgan fingerprint density at radius 2 is 1.81 bits per heavy atom. The molecule has 0 aromatic heterocycles. The molecule has 0 bridgehead atoms. The third kappa shape index (κ3) is 2.58. The molecule has 0 saturated carbocycles. The lowest BCUT2D eigenvalue weighted by Crippen LogP contribution is -2.35. The van der Waals surface area contributed by atoms with E-state index < -0.39 is 17.5 Å². The second-order valence-electron chi connectivity index (χ2n) is 7.28. The summed E-state index contributed by atoms with van der Waals surface area (Å²) in [6.45, 7) is 0.413. The van der Waals surface area contributed by atoms with E-state index in [0.29, 0.717) is 22.3 Å². The Hall–Kier alpha value is -4.04. The van der Waals surface area contributed by atoms with Gasteiger partial charge in [-0.2, -0.15) is 0 Å². The Morgan fingerprint density at radius 1 is 1.03 bits per heavy atom. The Balaban J connectivity index is 1.84. The minimum atomic E-state index is -1.40. The number of ether oxygens (including phenoxy) is 2. The number of phenolic OH excluding ortho intramolecular Hbond substituents is 2. The smallest absolute Gasteiger partial charge is 0.340 e. The van der Waals surface area contributed by atoms with Crippen molar-refractivity contribution in [1.82, 2.24) is 5.32 Å². The van der Waals surface area contributed by atoms with Gasteiger partial charge in [-0.15, -0.1) is 0 Å². The van der Waals surface area contributed by atoms with Gasteiger partial charge in [0.1, 0.15) is 22.8 Å². The highest BCUT2D eigenvalue weighted by molar-refractivity contribution is 6.02. The maximum atomic E-state index is 12.8. The summed E-state index contributed by atoms with van der Waals surface area (Å²) in [5.41, 5.74) is 5.82. The summed E-state index contributed by atoms with van der Waals surface area (Å²) >= 11 is 0. The van der Waals surface area contributed by atoms with Crippen molar-refractivity contribution in [2.24, 2.45) is 5.73 Å². The molecule has 1 unspecified atom stereocenters. The van der Waals surface area contributed by atoms with E-state index in [1.165, 1.54) is 18.2 Å². The zero-order valence-corrected chi connectivity index (χ0v) is 16.2. The molecule has 5 rings (SSSR count). The summed E-state index contributed by atoms with van der Waals surface area (Å²) in [5.74, 6) is -1.23. The molecule has 2 aliphatic rings. The van der Waals surface area contributed by atoms with E-state index in [0.717, 1.165) is 0 Å². The summed E-state index contributed by atoms with van der Waals surface area (Å²) in [5, 5.41) is 23.1. The van der Waals surface area contributed by atoms with E-state index in [4.69, 9.17) is 15.2 Å². The first-order valence-corrected chi connectivity index (χ1v) is 9.66. The summed E-state index contributed by atoms with van der Waals surface area (Å²) in [7, 11) is 0. The molecule has 3 aromatic carbocycles. The number of hydrogen-bond donors (Lipinski definition) is 4. The summed E-state index contributed by atoms with van der Waals surface area (Å²) < 4.78 is 12.0. The molecule has 3 aromatic rings. The second kappa shape index (κ2) is 6.75. The van der Waals surface area contributed by atoms with Crippen LogP contribution in [-0.4, -0.2) is 35.2 Å². The second-order valence-corrected chi connectivity index (χ2v) is 7.28. The number of aromatic hydroxyl groups is 2. The first-order chi connectivity index (χ1) is 15.0. The van der Waals surface area contributed by atoms with Gasteiger partial charge in [-0.1, -0.05) is 18.2 Å². The highest BCUT2D eigenvalue weighted by atomic mass is 16.6. The lowest BCUT2D eigenvalue weighted by molar-refractivity contribution is 0.0224. The van der Waals surface area contributed by atoms with Crippen LogP contribution in [0.15, 0.2) is 54.6 Å². The van der Waals surface area contributed by atoms with Crippen molar-refractivity contribution in [2.75, 3.05) is 13.1 Å². The highest BCUT2D eigenvalue weighted by Crippen LogP contribution is 2.58. The van der Waals surface area contributed by atoms with Crippen LogP contribution in [0.25, 0.3) is 0 Å². The van der Waals surface area contributed by atoms with Crippen LogP contribution in [0.5, 0.6) is 23.0 Å². The quantitative estimate of drug-likeness (QED) is 0.480. The fourth-order valence-electron chi connectivity index (χ4n) is 4.21. The van der Waals surface area contributed by atoms with Gasteiger partial charge in [0.05, 0.1) is 5.56 Å². The molecule has 8 heteroatoms. The third-order valence-corrected chi connectivity index (χ3v) is 5.50. The lowest BCUT2D eigenvalue weighted by Gasteiger charge is -2.37. The molecule has 156 valence electrons. The number of fused-ring (bicyclic) bond motifs is 6. The molecule has 8 nitrogen and oxygen atoms in total. The van der Waals surface area contributed by atoms with Crippen molar-refractivity contribution < 1.29 is 29.3 Å². The van der Waals surface area contributed by atoms with E-state index in [1.807, 2.05) is 0 Å². The Morgan fingerprint density at radius 3 is 2.61 bits per heavy atom. The third-order valence-electron chi connectivity index (χ3n) is 5.50. The van der Waals surface area contributed by atoms with Crippen LogP contribution >= 0.6 is 0 Å². The number of nitrogens with one attached hydrogen (secondary N) is 1. The zero-order valence-electron chi connectivity index (χ0n) is 16.2. The van der Waals surface area contributed by atoms with Crippen LogP contribution in [0.3, 0.4) is 0 Å². The van der Waals surface area contributed by atoms with Crippen LogP contribution in [0.1, 0.15) is 37.4 Å². The van der Waals surface area contributed by atoms with Crippen LogP contribution in [0, 0.1) is 0 Å². The fourth-order valence-corrected chi connectivity index (χ4v) is 4.21. The number of carbonyl (C=O) groups excluding carboxylic acids is 2. The standard InChI is InChI=1S/C23H18N2O6/c24-9-10-25-21(28)19-17(27)8-7-16-20(19)30-18-11-12(26)5-6-15(18)23(16)14-4-2-1-3-13(14)22(29)31-23/h1-8,11,26-27H,9-10,24H2,(H,25,28). The fraction of sp³-hybridized carbons (Fsp3) is 0.130. The minimum absolute atomic E-state index is 0.0390. The predicted molar refractivity (Wildman–Crippen MR) is 109 cm³/mol. The van der Waals surface area contributed by atoms with Crippen molar-refractivity contribution >= 4 is 11.9 Å². The molecular formula is C23H18N2O6. The average molecular weight is 418 g/mol. The maximum Gasteiger partial charge on any atom is 0.340 e. The van der Waals surface area contributed by atoms with Gasteiger partial charge in [0.15, 0.2) is 11.4 Å².